The van der Waals surface area contributed by atoms with Gasteiger partial charge in [0.05, 0.1) is 28.1 Å². The summed E-state index contributed by atoms with van der Waals surface area (Å²) in [4.78, 5) is 39.8. The van der Waals surface area contributed by atoms with Crippen molar-refractivity contribution in [3.05, 3.63) is 45.1 Å². The zero-order valence-corrected chi connectivity index (χ0v) is 21.6. The molecule has 0 unspecified atom stereocenters. The number of nitrogens with one attached hydrogen (secondary N) is 2. The zero-order chi connectivity index (χ0) is 28.0. The van der Waals surface area contributed by atoms with E-state index in [1.54, 1.807) is 0 Å². The number of nitrogens with zero attached hydrogens (tertiary/aromatic N) is 2. The van der Waals surface area contributed by atoms with E-state index in [2.05, 4.69) is 10.6 Å². The molecule has 0 bridgehead atoms. The molecule has 208 valence electrons. The Hall–Kier alpha value is -2.81. The van der Waals surface area contributed by atoms with Gasteiger partial charge in [-0.25, -0.2) is 8.78 Å². The van der Waals surface area contributed by atoms with E-state index >= 15 is 0 Å². The van der Waals surface area contributed by atoms with Crippen molar-refractivity contribution >= 4 is 52.0 Å². The number of ether oxygens (including phenoxy) is 1. The Morgan fingerprint density at radius 3 is 2.55 bits per heavy atom. The number of carbonyl (C=O) groups excluding carboxylic acids is 3. The van der Waals surface area contributed by atoms with Crippen LogP contribution in [0, 0.1) is 0 Å². The molecule has 38 heavy (non-hydrogen) atoms. The van der Waals surface area contributed by atoms with Crippen molar-refractivity contribution in [3.63, 3.8) is 0 Å². The van der Waals surface area contributed by atoms with Gasteiger partial charge < -0.3 is 20.3 Å². The van der Waals surface area contributed by atoms with Crippen LogP contribution in [0.5, 0.6) is 0 Å². The number of benzene rings is 1. The van der Waals surface area contributed by atoms with E-state index in [-0.39, 0.29) is 42.6 Å². The minimum absolute atomic E-state index is 0.0584. The van der Waals surface area contributed by atoms with E-state index in [1.807, 2.05) is 0 Å². The predicted octanol–water partition coefficient (Wildman–Crippen LogP) is 4.32. The van der Waals surface area contributed by atoms with Crippen LogP contribution in [0.4, 0.5) is 33.3 Å². The lowest BCUT2D eigenvalue weighted by Gasteiger charge is -2.31. The Kier molecular flexibility index (Phi) is 10.0. The maximum absolute atomic E-state index is 13.9. The highest BCUT2D eigenvalue weighted by molar-refractivity contribution is 7.18. The number of halogens is 6. The highest BCUT2D eigenvalue weighted by atomic mass is 35.5. The van der Waals surface area contributed by atoms with Gasteiger partial charge in [0.2, 0.25) is 5.91 Å². The van der Waals surface area contributed by atoms with Gasteiger partial charge in [0.25, 0.3) is 18.2 Å². The van der Waals surface area contributed by atoms with E-state index in [0.717, 1.165) is 27.2 Å². The summed E-state index contributed by atoms with van der Waals surface area (Å²) in [7, 11) is 0. The Balaban J connectivity index is 1.83. The third-order valence-electron chi connectivity index (χ3n) is 5.59. The molecule has 2 N–H and O–H groups in total. The fourth-order valence-electron chi connectivity index (χ4n) is 3.82. The molecule has 2 aromatic rings. The molecule has 15 heteroatoms. The lowest BCUT2D eigenvalue weighted by atomic mass is 10.1. The third kappa shape index (κ3) is 7.85. The molecule has 1 aromatic carbocycles. The van der Waals surface area contributed by atoms with Gasteiger partial charge in [-0.15, -0.1) is 11.3 Å². The summed E-state index contributed by atoms with van der Waals surface area (Å²) in [5.74, 6) is -2.10. The first-order valence-corrected chi connectivity index (χ1v) is 12.5. The summed E-state index contributed by atoms with van der Waals surface area (Å²) >= 11 is 6.77. The average molecular weight is 583 g/mol. The average Bonchev–Trinajstić information content (AvgIpc) is 3.29. The normalized spacial score (nSPS) is 15.2. The van der Waals surface area contributed by atoms with Crippen LogP contribution in [0.3, 0.4) is 0 Å². The van der Waals surface area contributed by atoms with Crippen molar-refractivity contribution in [1.29, 1.82) is 0 Å². The molecule has 1 aromatic heterocycles. The minimum Gasteiger partial charge on any atom is -0.370 e. The first-order valence-electron chi connectivity index (χ1n) is 11.3. The van der Waals surface area contributed by atoms with Gasteiger partial charge in [-0.05, 0) is 36.9 Å². The molecule has 0 saturated carbocycles. The van der Waals surface area contributed by atoms with Gasteiger partial charge in [0.15, 0.2) is 0 Å². The lowest BCUT2D eigenvalue weighted by molar-refractivity contribution is -0.153. The number of alkyl halides is 5. The van der Waals surface area contributed by atoms with Gasteiger partial charge in [-0.2, -0.15) is 13.2 Å². The second-order valence-corrected chi connectivity index (χ2v) is 9.88. The first-order chi connectivity index (χ1) is 17.9. The number of carbonyl (C=O) groups is 3. The number of anilines is 2. The SMILES string of the molecule is CCN(CC(F)(F)F)[C@H](CNC(=O)c1ccc(Cl)s1)C(=O)Nc1ccc(N2CCOCC2=O)c(C(F)F)c1. The van der Waals surface area contributed by atoms with E-state index in [4.69, 9.17) is 16.3 Å². The summed E-state index contributed by atoms with van der Waals surface area (Å²) in [5, 5.41) is 4.80. The highest BCUT2D eigenvalue weighted by Gasteiger charge is 2.36. The predicted molar refractivity (Wildman–Crippen MR) is 132 cm³/mol. The molecular weight excluding hydrogens is 559 g/mol. The molecule has 1 fully saturated rings. The standard InChI is InChI=1S/C23H24ClF5N4O4S/c1-2-32(12-23(27,28)29)16(10-30-22(36)17-5-6-18(24)38-17)21(35)31-13-3-4-15(14(9-13)20(25)26)33-7-8-37-11-19(33)34/h3-6,9,16,20H,2,7-8,10-12H2,1H3,(H,30,36)(H,31,35)/t16-/m1/s1. The number of amides is 3. The Morgan fingerprint density at radius 2 is 1.97 bits per heavy atom. The number of hydrogen-bond acceptors (Lipinski definition) is 6. The van der Waals surface area contributed by atoms with Gasteiger partial charge >= 0.3 is 6.18 Å². The number of likely N-dealkylation sites (N-methyl/N-ethyl adjacent to an activating group) is 1. The van der Waals surface area contributed by atoms with Gasteiger partial charge in [0, 0.05) is 24.3 Å². The van der Waals surface area contributed by atoms with Crippen molar-refractivity contribution in [2.75, 3.05) is 49.6 Å². The molecule has 0 aliphatic carbocycles. The number of morpholine rings is 1. The van der Waals surface area contributed by atoms with Gasteiger partial charge in [0.1, 0.15) is 12.6 Å². The maximum Gasteiger partial charge on any atom is 0.401 e. The monoisotopic (exact) mass is 582 g/mol. The summed E-state index contributed by atoms with van der Waals surface area (Å²) in [6, 6.07) is 4.87. The van der Waals surface area contributed by atoms with Crippen LogP contribution in [0.2, 0.25) is 4.34 Å². The molecule has 1 aliphatic heterocycles. The summed E-state index contributed by atoms with van der Waals surface area (Å²) in [6.45, 7) is -0.768. The molecule has 3 amide bonds. The molecule has 3 rings (SSSR count). The minimum atomic E-state index is -4.64. The molecular formula is C23H24ClF5N4O4S. The van der Waals surface area contributed by atoms with Crippen LogP contribution in [0.15, 0.2) is 30.3 Å². The maximum atomic E-state index is 13.9. The Morgan fingerprint density at radius 1 is 1.24 bits per heavy atom. The first kappa shape index (κ1) is 29.7. The fraction of sp³-hybridized carbons (Fsp3) is 0.435. The van der Waals surface area contributed by atoms with Crippen LogP contribution < -0.4 is 15.5 Å². The molecule has 1 saturated heterocycles. The van der Waals surface area contributed by atoms with Crippen LogP contribution in [0.1, 0.15) is 28.6 Å². The topological polar surface area (TPSA) is 91.0 Å². The molecule has 2 heterocycles. The van der Waals surface area contributed by atoms with E-state index in [0.29, 0.717) is 4.34 Å². The molecule has 1 atom stereocenters. The number of rotatable bonds is 10. The quantitative estimate of drug-likeness (QED) is 0.407. The van der Waals surface area contributed by atoms with Crippen molar-refractivity contribution in [3.8, 4) is 0 Å². The molecule has 1 aliphatic rings. The van der Waals surface area contributed by atoms with Gasteiger partial charge in [-0.3, -0.25) is 19.3 Å². The summed E-state index contributed by atoms with van der Waals surface area (Å²) < 4.78 is 72.7. The second-order valence-electron chi connectivity index (χ2n) is 8.17. The van der Waals surface area contributed by atoms with Crippen molar-refractivity contribution in [2.45, 2.75) is 25.6 Å². The van der Waals surface area contributed by atoms with Crippen molar-refractivity contribution in [1.82, 2.24) is 10.2 Å². The second kappa shape index (κ2) is 12.8. The van der Waals surface area contributed by atoms with Crippen LogP contribution in [-0.2, 0) is 14.3 Å². The van der Waals surface area contributed by atoms with Crippen molar-refractivity contribution < 1.29 is 41.1 Å². The van der Waals surface area contributed by atoms with E-state index in [9.17, 15) is 36.3 Å². The largest absolute Gasteiger partial charge is 0.401 e. The van der Waals surface area contributed by atoms with E-state index < -0.39 is 55.0 Å². The Bertz CT molecular complexity index is 1160. The fourth-order valence-corrected chi connectivity index (χ4v) is 4.78. The third-order valence-corrected chi connectivity index (χ3v) is 6.82. The van der Waals surface area contributed by atoms with Crippen molar-refractivity contribution in [2.24, 2.45) is 0 Å². The van der Waals surface area contributed by atoms with E-state index in [1.165, 1.54) is 31.2 Å². The number of thiophene rings is 1. The van der Waals surface area contributed by atoms with Gasteiger partial charge in [-0.1, -0.05) is 18.5 Å². The highest BCUT2D eigenvalue weighted by Crippen LogP contribution is 2.33. The number of hydrogen-bond donors (Lipinski definition) is 2. The molecule has 0 radical (unpaired) electrons. The molecule has 0 spiro atoms. The Labute approximate surface area is 223 Å². The van der Waals surface area contributed by atoms with Crippen LogP contribution in [0.25, 0.3) is 0 Å². The lowest BCUT2D eigenvalue weighted by Crippen LogP contribution is -2.53. The summed E-state index contributed by atoms with van der Waals surface area (Å²) in [5.41, 5.74) is -0.712. The van der Waals surface area contributed by atoms with Crippen LogP contribution in [-0.4, -0.2) is 74.2 Å². The zero-order valence-electron chi connectivity index (χ0n) is 20.0. The van der Waals surface area contributed by atoms with Crippen LogP contribution >= 0.6 is 22.9 Å². The smallest absolute Gasteiger partial charge is 0.370 e. The molecule has 8 nitrogen and oxygen atoms in total. The summed E-state index contributed by atoms with van der Waals surface area (Å²) in [6.07, 6.45) is -7.66.